The first kappa shape index (κ1) is 17.0. The number of amides is 2. The van der Waals surface area contributed by atoms with Crippen LogP contribution in [-0.2, 0) is 4.79 Å². The van der Waals surface area contributed by atoms with Crippen LogP contribution in [0.5, 0.6) is 5.75 Å². The third-order valence-corrected chi connectivity index (χ3v) is 4.14. The average molecular weight is 338 g/mol. The Hall–Kier alpha value is -2.82. The van der Waals surface area contributed by atoms with Crippen molar-refractivity contribution in [1.29, 1.82) is 0 Å². The minimum absolute atomic E-state index is 0.0359. The van der Waals surface area contributed by atoms with Crippen LogP contribution >= 0.6 is 0 Å². The first-order valence-electron chi connectivity index (χ1n) is 8.47. The van der Waals surface area contributed by atoms with Gasteiger partial charge in [0.25, 0.3) is 5.91 Å². The number of carbonyl (C=O) groups is 2. The van der Waals surface area contributed by atoms with Gasteiger partial charge >= 0.3 is 0 Å². The highest BCUT2D eigenvalue weighted by molar-refractivity contribution is 5.94. The monoisotopic (exact) mass is 338 g/mol. The van der Waals surface area contributed by atoms with Gasteiger partial charge in [-0.15, -0.1) is 0 Å². The fourth-order valence-electron chi connectivity index (χ4n) is 2.75. The van der Waals surface area contributed by atoms with Gasteiger partial charge in [-0.25, -0.2) is 0 Å². The maximum absolute atomic E-state index is 12.3. The van der Waals surface area contributed by atoms with Crippen LogP contribution in [0.1, 0.15) is 23.7 Å². The van der Waals surface area contributed by atoms with Crippen molar-refractivity contribution < 1.29 is 14.3 Å². The number of carbonyl (C=O) groups excluding carboxylic acids is 2. The zero-order chi connectivity index (χ0) is 17.6. The van der Waals surface area contributed by atoms with Crippen molar-refractivity contribution in [3.63, 3.8) is 0 Å². The number of rotatable bonds is 6. The predicted molar refractivity (Wildman–Crippen MR) is 95.4 cm³/mol. The lowest BCUT2D eigenvalue weighted by Crippen LogP contribution is -2.57. The third kappa shape index (κ3) is 4.59. The van der Waals surface area contributed by atoms with Gasteiger partial charge in [0.05, 0.1) is 13.1 Å². The largest absolute Gasteiger partial charge is 0.487 e. The van der Waals surface area contributed by atoms with Crippen molar-refractivity contribution in [3.8, 4) is 5.75 Å². The zero-order valence-corrected chi connectivity index (χ0v) is 14.2. The Morgan fingerprint density at radius 3 is 2.32 bits per heavy atom. The first-order chi connectivity index (χ1) is 12.1. The van der Waals surface area contributed by atoms with Crippen LogP contribution in [0, 0.1) is 0 Å². The van der Waals surface area contributed by atoms with Crippen LogP contribution in [0.25, 0.3) is 0 Å². The third-order valence-electron chi connectivity index (χ3n) is 4.14. The molecule has 0 unspecified atom stereocenters. The molecule has 1 atom stereocenters. The highest BCUT2D eigenvalue weighted by Crippen LogP contribution is 2.18. The summed E-state index contributed by atoms with van der Waals surface area (Å²) in [7, 11) is 0. The van der Waals surface area contributed by atoms with E-state index in [9.17, 15) is 9.59 Å². The van der Waals surface area contributed by atoms with Crippen molar-refractivity contribution >= 4 is 11.8 Å². The van der Waals surface area contributed by atoms with Crippen LogP contribution in [-0.4, -0.2) is 41.9 Å². The Morgan fingerprint density at radius 2 is 1.68 bits per heavy atom. The standard InChI is InChI=1S/C20H22N2O3/c1-15(21-20(24)16-8-4-2-5-9-16)12-19(23)22-13-18(14-22)25-17-10-6-3-7-11-17/h2-11,15,18H,12-14H2,1H3,(H,21,24)/t15-/m0/s1. The molecular weight excluding hydrogens is 316 g/mol. The van der Waals surface area contributed by atoms with Crippen molar-refractivity contribution in [2.45, 2.75) is 25.5 Å². The van der Waals surface area contributed by atoms with Crippen molar-refractivity contribution in [2.75, 3.05) is 13.1 Å². The second kappa shape index (κ2) is 7.83. The Bertz CT molecular complexity index is 712. The summed E-state index contributed by atoms with van der Waals surface area (Å²) >= 11 is 0. The molecule has 5 heteroatoms. The summed E-state index contributed by atoms with van der Waals surface area (Å²) < 4.78 is 5.79. The number of likely N-dealkylation sites (tertiary alicyclic amines) is 1. The molecule has 1 aliphatic heterocycles. The quantitative estimate of drug-likeness (QED) is 0.880. The molecule has 2 amide bonds. The summed E-state index contributed by atoms with van der Waals surface area (Å²) in [4.78, 5) is 26.1. The molecule has 0 spiro atoms. The van der Waals surface area contributed by atoms with Crippen LogP contribution in [0.4, 0.5) is 0 Å². The molecule has 1 saturated heterocycles. The minimum atomic E-state index is -0.214. The molecule has 0 radical (unpaired) electrons. The maximum Gasteiger partial charge on any atom is 0.251 e. The lowest BCUT2D eigenvalue weighted by Gasteiger charge is -2.39. The molecule has 5 nitrogen and oxygen atoms in total. The van der Waals surface area contributed by atoms with E-state index in [0.29, 0.717) is 18.7 Å². The number of hydrogen-bond donors (Lipinski definition) is 1. The first-order valence-corrected chi connectivity index (χ1v) is 8.47. The lowest BCUT2D eigenvalue weighted by molar-refractivity contribution is -0.140. The van der Waals surface area contributed by atoms with Crippen LogP contribution in [0.15, 0.2) is 60.7 Å². The number of benzene rings is 2. The van der Waals surface area contributed by atoms with Gasteiger partial charge in [-0.3, -0.25) is 9.59 Å². The molecule has 0 aliphatic carbocycles. The molecule has 2 aromatic carbocycles. The summed E-state index contributed by atoms with van der Waals surface area (Å²) in [5.74, 6) is 0.701. The molecule has 3 rings (SSSR count). The van der Waals surface area contributed by atoms with E-state index in [1.54, 1.807) is 17.0 Å². The number of ether oxygens (including phenoxy) is 1. The molecule has 25 heavy (non-hydrogen) atoms. The highest BCUT2D eigenvalue weighted by Gasteiger charge is 2.32. The molecule has 1 aliphatic rings. The maximum atomic E-state index is 12.3. The molecular formula is C20H22N2O3. The molecule has 0 saturated carbocycles. The molecule has 0 aromatic heterocycles. The van der Waals surface area contributed by atoms with Gasteiger partial charge in [-0.2, -0.15) is 0 Å². The van der Waals surface area contributed by atoms with Crippen molar-refractivity contribution in [1.82, 2.24) is 10.2 Å². The molecule has 1 N–H and O–H groups in total. The number of nitrogens with zero attached hydrogens (tertiary/aromatic N) is 1. The average Bonchev–Trinajstić information content (AvgIpc) is 2.59. The molecule has 130 valence electrons. The highest BCUT2D eigenvalue weighted by atomic mass is 16.5. The van der Waals surface area contributed by atoms with E-state index < -0.39 is 0 Å². The van der Waals surface area contributed by atoms with E-state index in [0.717, 1.165) is 5.75 Å². The zero-order valence-electron chi connectivity index (χ0n) is 14.2. The summed E-state index contributed by atoms with van der Waals surface area (Å²) in [5.41, 5.74) is 0.599. The molecule has 1 fully saturated rings. The summed E-state index contributed by atoms with van der Waals surface area (Å²) in [5, 5.41) is 2.86. The summed E-state index contributed by atoms with van der Waals surface area (Å²) in [6, 6.07) is 18.4. The van der Waals surface area contributed by atoms with Crippen LogP contribution in [0.3, 0.4) is 0 Å². The molecule has 1 heterocycles. The Balaban J connectivity index is 1.40. The Labute approximate surface area is 147 Å². The Morgan fingerprint density at radius 1 is 1.08 bits per heavy atom. The summed E-state index contributed by atoms with van der Waals surface area (Å²) in [6.07, 6.45) is 0.331. The van der Waals surface area contributed by atoms with E-state index >= 15 is 0 Å². The van der Waals surface area contributed by atoms with Crippen molar-refractivity contribution in [3.05, 3.63) is 66.2 Å². The number of nitrogens with one attached hydrogen (secondary N) is 1. The second-order valence-electron chi connectivity index (χ2n) is 6.30. The molecule has 0 bridgehead atoms. The normalized spacial score (nSPS) is 15.2. The topological polar surface area (TPSA) is 58.6 Å². The van der Waals surface area contributed by atoms with Gasteiger partial charge in [0.2, 0.25) is 5.91 Å². The number of para-hydroxylation sites is 1. The minimum Gasteiger partial charge on any atom is -0.487 e. The van der Waals surface area contributed by atoms with Gasteiger partial charge < -0.3 is 15.0 Å². The Kier molecular flexibility index (Phi) is 5.33. The van der Waals surface area contributed by atoms with Gasteiger partial charge in [-0.1, -0.05) is 36.4 Å². The van der Waals surface area contributed by atoms with E-state index in [4.69, 9.17) is 4.74 Å². The predicted octanol–water partition coefficient (Wildman–Crippen LogP) is 2.48. The van der Waals surface area contributed by atoms with E-state index in [-0.39, 0.29) is 30.4 Å². The van der Waals surface area contributed by atoms with E-state index in [1.165, 1.54) is 0 Å². The van der Waals surface area contributed by atoms with Gasteiger partial charge in [0.15, 0.2) is 0 Å². The fourth-order valence-corrected chi connectivity index (χ4v) is 2.75. The molecule has 2 aromatic rings. The van der Waals surface area contributed by atoms with E-state index in [1.807, 2.05) is 55.5 Å². The van der Waals surface area contributed by atoms with Crippen LogP contribution < -0.4 is 10.1 Å². The van der Waals surface area contributed by atoms with E-state index in [2.05, 4.69) is 5.32 Å². The van der Waals surface area contributed by atoms with Gasteiger partial charge in [-0.05, 0) is 31.2 Å². The van der Waals surface area contributed by atoms with Gasteiger partial charge in [0.1, 0.15) is 11.9 Å². The van der Waals surface area contributed by atoms with Gasteiger partial charge in [0, 0.05) is 18.0 Å². The van der Waals surface area contributed by atoms with Crippen LogP contribution in [0.2, 0.25) is 0 Å². The smallest absolute Gasteiger partial charge is 0.251 e. The lowest BCUT2D eigenvalue weighted by atomic mass is 10.1. The van der Waals surface area contributed by atoms with Crippen molar-refractivity contribution in [2.24, 2.45) is 0 Å². The second-order valence-corrected chi connectivity index (χ2v) is 6.30. The summed E-state index contributed by atoms with van der Waals surface area (Å²) in [6.45, 7) is 3.02. The number of hydrogen-bond acceptors (Lipinski definition) is 3. The SMILES string of the molecule is C[C@@H](CC(=O)N1CC(Oc2ccccc2)C1)NC(=O)c1ccccc1. The fraction of sp³-hybridized carbons (Fsp3) is 0.300.